The van der Waals surface area contributed by atoms with Crippen LogP contribution < -0.4 is 5.32 Å². The third-order valence-electron chi connectivity index (χ3n) is 1.40. The zero-order valence-corrected chi connectivity index (χ0v) is 4.89. The molecule has 2 rings (SSSR count). The fraction of sp³-hybridized carbons (Fsp3) is 0.167. The highest BCUT2D eigenvalue weighted by atomic mass is 15.1. The van der Waals surface area contributed by atoms with E-state index in [1.54, 1.807) is 6.20 Å². The quantitative estimate of drug-likeness (QED) is 0.535. The average molecular weight is 121 g/mol. The summed E-state index contributed by atoms with van der Waals surface area (Å²) in [5.41, 5.74) is 2.26. The molecule has 0 unspecified atom stereocenters. The van der Waals surface area contributed by atoms with Crippen LogP contribution in [-0.2, 0) is 6.42 Å². The van der Waals surface area contributed by atoms with Gasteiger partial charge in [0.05, 0.1) is 17.6 Å². The maximum atomic E-state index is 3.88. The first-order valence-electron chi connectivity index (χ1n) is 2.90. The first-order valence-corrected chi connectivity index (χ1v) is 2.90. The van der Waals surface area contributed by atoms with Crippen LogP contribution in [0.4, 0.5) is 5.69 Å². The smallest absolute Gasteiger partial charge is 0.0799 e. The van der Waals surface area contributed by atoms with E-state index in [1.165, 1.54) is 0 Å². The summed E-state index contributed by atoms with van der Waals surface area (Å²) in [6.45, 7) is 0. The molecule has 9 heavy (non-hydrogen) atoms. The highest BCUT2D eigenvalue weighted by molar-refractivity contribution is 5.51. The standard InChI is InChI=1S/C6H7N3/c1-2-5-6(7-3-1)4-8-9-5/h1,3-4,7H,2H2,(H,8,9). The first kappa shape index (κ1) is 4.61. The van der Waals surface area contributed by atoms with Crippen LogP contribution in [0.2, 0.25) is 0 Å². The highest BCUT2D eigenvalue weighted by Crippen LogP contribution is 2.15. The van der Waals surface area contributed by atoms with Gasteiger partial charge in [0, 0.05) is 6.42 Å². The lowest BCUT2D eigenvalue weighted by Crippen LogP contribution is -1.96. The molecule has 0 radical (unpaired) electrons. The molecule has 0 spiro atoms. The second-order valence-electron chi connectivity index (χ2n) is 2.01. The third kappa shape index (κ3) is 0.614. The van der Waals surface area contributed by atoms with Gasteiger partial charge in [-0.1, -0.05) is 6.08 Å². The van der Waals surface area contributed by atoms with Crippen molar-refractivity contribution in [2.24, 2.45) is 0 Å². The van der Waals surface area contributed by atoms with Crippen LogP contribution in [0.3, 0.4) is 0 Å². The zero-order chi connectivity index (χ0) is 6.10. The van der Waals surface area contributed by atoms with Gasteiger partial charge in [-0.05, 0) is 6.20 Å². The van der Waals surface area contributed by atoms with Crippen molar-refractivity contribution in [2.75, 3.05) is 5.32 Å². The SMILES string of the molecule is C1=CNc2cn[nH]c2C1. The third-order valence-corrected chi connectivity index (χ3v) is 1.40. The molecule has 0 bridgehead atoms. The van der Waals surface area contributed by atoms with Gasteiger partial charge in [-0.3, -0.25) is 5.10 Å². The van der Waals surface area contributed by atoms with Crippen molar-refractivity contribution in [3.63, 3.8) is 0 Å². The lowest BCUT2D eigenvalue weighted by molar-refractivity contribution is 1.01. The molecular weight excluding hydrogens is 114 g/mol. The molecule has 2 heterocycles. The molecule has 2 N–H and O–H groups in total. The summed E-state index contributed by atoms with van der Waals surface area (Å²) in [4.78, 5) is 0. The van der Waals surface area contributed by atoms with Crippen molar-refractivity contribution in [1.29, 1.82) is 0 Å². The molecule has 1 aliphatic rings. The lowest BCUT2D eigenvalue weighted by atomic mass is 10.2. The average Bonchev–Trinajstić information content (AvgIpc) is 2.33. The minimum Gasteiger partial charge on any atom is -0.359 e. The Morgan fingerprint density at radius 1 is 1.56 bits per heavy atom. The number of hydrogen-bond acceptors (Lipinski definition) is 2. The van der Waals surface area contributed by atoms with Crippen LogP contribution in [0.15, 0.2) is 18.5 Å². The van der Waals surface area contributed by atoms with E-state index in [9.17, 15) is 0 Å². The molecular formula is C6H7N3. The summed E-state index contributed by atoms with van der Waals surface area (Å²) < 4.78 is 0. The van der Waals surface area contributed by atoms with E-state index in [1.807, 2.05) is 6.20 Å². The Balaban J connectivity index is 2.46. The maximum absolute atomic E-state index is 3.88. The van der Waals surface area contributed by atoms with Crippen molar-refractivity contribution >= 4 is 5.69 Å². The Hall–Kier alpha value is -1.25. The molecule has 0 fully saturated rings. The Morgan fingerprint density at radius 2 is 2.56 bits per heavy atom. The van der Waals surface area contributed by atoms with Gasteiger partial charge in [-0.2, -0.15) is 5.10 Å². The predicted molar refractivity (Wildman–Crippen MR) is 35.1 cm³/mol. The number of anilines is 1. The minimum absolute atomic E-state index is 0.961. The molecule has 46 valence electrons. The van der Waals surface area contributed by atoms with Gasteiger partial charge in [0.2, 0.25) is 0 Å². The van der Waals surface area contributed by atoms with Crippen LogP contribution in [0.25, 0.3) is 0 Å². The van der Waals surface area contributed by atoms with E-state index in [0.29, 0.717) is 0 Å². The van der Waals surface area contributed by atoms with Crippen molar-refractivity contribution in [2.45, 2.75) is 6.42 Å². The molecule has 3 nitrogen and oxygen atoms in total. The zero-order valence-electron chi connectivity index (χ0n) is 4.89. The van der Waals surface area contributed by atoms with Gasteiger partial charge < -0.3 is 5.32 Å². The second kappa shape index (κ2) is 1.62. The monoisotopic (exact) mass is 121 g/mol. The van der Waals surface area contributed by atoms with Crippen LogP contribution in [-0.4, -0.2) is 10.2 Å². The number of allylic oxidation sites excluding steroid dienone is 1. The van der Waals surface area contributed by atoms with Gasteiger partial charge in [0.25, 0.3) is 0 Å². The fourth-order valence-electron chi connectivity index (χ4n) is 0.918. The predicted octanol–water partition coefficient (Wildman–Crippen LogP) is 0.891. The Labute approximate surface area is 52.8 Å². The fourth-order valence-corrected chi connectivity index (χ4v) is 0.918. The number of fused-ring (bicyclic) bond motifs is 1. The summed E-state index contributed by atoms with van der Waals surface area (Å²) in [5, 5.41) is 9.84. The molecule has 3 heteroatoms. The number of H-pyrrole nitrogens is 1. The highest BCUT2D eigenvalue weighted by Gasteiger charge is 2.03. The number of nitrogens with one attached hydrogen (secondary N) is 2. The number of hydrogen-bond donors (Lipinski definition) is 2. The molecule has 0 aliphatic carbocycles. The van der Waals surface area contributed by atoms with Crippen LogP contribution >= 0.6 is 0 Å². The molecule has 0 aromatic carbocycles. The summed E-state index contributed by atoms with van der Waals surface area (Å²) in [6, 6.07) is 0. The van der Waals surface area contributed by atoms with Gasteiger partial charge in [0.1, 0.15) is 0 Å². The number of nitrogens with zero attached hydrogens (tertiary/aromatic N) is 1. The van der Waals surface area contributed by atoms with E-state index in [-0.39, 0.29) is 0 Å². The van der Waals surface area contributed by atoms with E-state index >= 15 is 0 Å². The number of rotatable bonds is 0. The Kier molecular flexibility index (Phi) is 0.828. The molecule has 0 saturated heterocycles. The Morgan fingerprint density at radius 3 is 3.44 bits per heavy atom. The topological polar surface area (TPSA) is 40.7 Å². The van der Waals surface area contributed by atoms with Gasteiger partial charge in [-0.15, -0.1) is 0 Å². The van der Waals surface area contributed by atoms with E-state index in [2.05, 4.69) is 21.6 Å². The molecule has 1 aromatic rings. The largest absolute Gasteiger partial charge is 0.359 e. The van der Waals surface area contributed by atoms with Crippen LogP contribution in [0.1, 0.15) is 5.69 Å². The van der Waals surface area contributed by atoms with Crippen molar-refractivity contribution in [1.82, 2.24) is 10.2 Å². The lowest BCUT2D eigenvalue weighted by Gasteiger charge is -2.03. The van der Waals surface area contributed by atoms with Crippen molar-refractivity contribution < 1.29 is 0 Å². The van der Waals surface area contributed by atoms with E-state index < -0.39 is 0 Å². The van der Waals surface area contributed by atoms with Crippen molar-refractivity contribution in [3.8, 4) is 0 Å². The van der Waals surface area contributed by atoms with Crippen molar-refractivity contribution in [3.05, 3.63) is 24.2 Å². The molecule has 1 aliphatic heterocycles. The summed E-state index contributed by atoms with van der Waals surface area (Å²) in [6.07, 6.45) is 6.74. The molecule has 0 saturated carbocycles. The molecule has 0 atom stereocenters. The van der Waals surface area contributed by atoms with E-state index in [0.717, 1.165) is 17.8 Å². The number of aromatic amines is 1. The normalized spacial score (nSPS) is 14.7. The maximum Gasteiger partial charge on any atom is 0.0799 e. The minimum atomic E-state index is 0.961. The summed E-state index contributed by atoms with van der Waals surface area (Å²) >= 11 is 0. The summed E-state index contributed by atoms with van der Waals surface area (Å²) in [5.74, 6) is 0. The van der Waals surface area contributed by atoms with Gasteiger partial charge in [-0.25, -0.2) is 0 Å². The molecule has 0 amide bonds. The summed E-state index contributed by atoms with van der Waals surface area (Å²) in [7, 11) is 0. The van der Waals surface area contributed by atoms with Crippen LogP contribution in [0, 0.1) is 0 Å². The first-order chi connectivity index (χ1) is 4.47. The van der Waals surface area contributed by atoms with Gasteiger partial charge >= 0.3 is 0 Å². The van der Waals surface area contributed by atoms with Crippen LogP contribution in [0.5, 0.6) is 0 Å². The van der Waals surface area contributed by atoms with Gasteiger partial charge in [0.15, 0.2) is 0 Å². The second-order valence-corrected chi connectivity index (χ2v) is 2.01. The molecule has 1 aromatic heterocycles. The van der Waals surface area contributed by atoms with E-state index in [4.69, 9.17) is 0 Å². The Bertz CT molecular complexity index is 214. The number of aromatic nitrogens is 2.